The molecule has 0 aliphatic heterocycles. The number of benzene rings is 1. The molecule has 0 aliphatic carbocycles. The van der Waals surface area contributed by atoms with Crippen LogP contribution >= 0.6 is 0 Å². The topological polar surface area (TPSA) is 114 Å². The van der Waals surface area contributed by atoms with E-state index in [9.17, 15) is 14.4 Å². The van der Waals surface area contributed by atoms with E-state index in [-0.39, 0.29) is 35.8 Å². The summed E-state index contributed by atoms with van der Waals surface area (Å²) < 4.78 is 6.50. The third-order valence-electron chi connectivity index (χ3n) is 4.90. The Morgan fingerprint density at radius 2 is 1.75 bits per heavy atom. The summed E-state index contributed by atoms with van der Waals surface area (Å²) in [4.78, 5) is 43.9. The highest BCUT2D eigenvalue weighted by atomic mass is 16.5. The molecule has 3 N–H and O–H groups in total. The van der Waals surface area contributed by atoms with Crippen molar-refractivity contribution in [1.82, 2.24) is 14.5 Å². The van der Waals surface area contributed by atoms with Crippen molar-refractivity contribution in [3.63, 3.8) is 0 Å². The van der Waals surface area contributed by atoms with Gasteiger partial charge in [0.25, 0.3) is 5.56 Å². The molecular formula is C23H35N5O4. The van der Waals surface area contributed by atoms with Crippen LogP contribution in [-0.2, 0) is 17.9 Å². The minimum absolute atomic E-state index is 0.0132. The fraction of sp³-hybridized carbons (Fsp3) is 0.522. The SMILES string of the molecule is COc1ccc(CN(C)CC(=O)N(CC(C)C)c2c(N)n(CC(C)C)c(=O)[nH]c2=O)cc1. The zero-order valence-corrected chi connectivity index (χ0v) is 19.8. The van der Waals surface area contributed by atoms with Crippen molar-refractivity contribution in [2.45, 2.75) is 40.8 Å². The Labute approximate surface area is 188 Å². The Morgan fingerprint density at radius 3 is 2.28 bits per heavy atom. The highest BCUT2D eigenvalue weighted by Crippen LogP contribution is 2.20. The first-order valence-electron chi connectivity index (χ1n) is 10.8. The van der Waals surface area contributed by atoms with Crippen LogP contribution in [0.25, 0.3) is 0 Å². The number of aromatic amines is 1. The van der Waals surface area contributed by atoms with E-state index < -0.39 is 11.2 Å². The smallest absolute Gasteiger partial charge is 0.330 e. The van der Waals surface area contributed by atoms with E-state index in [0.717, 1.165) is 11.3 Å². The van der Waals surface area contributed by atoms with Gasteiger partial charge < -0.3 is 15.4 Å². The number of H-pyrrole nitrogens is 1. The lowest BCUT2D eigenvalue weighted by Crippen LogP contribution is -2.46. The molecule has 2 rings (SSSR count). The fourth-order valence-corrected chi connectivity index (χ4v) is 3.48. The molecule has 176 valence electrons. The van der Waals surface area contributed by atoms with Crippen molar-refractivity contribution in [1.29, 1.82) is 0 Å². The van der Waals surface area contributed by atoms with Gasteiger partial charge in [-0.05, 0) is 36.6 Å². The van der Waals surface area contributed by atoms with Gasteiger partial charge in [0.15, 0.2) is 5.69 Å². The number of nitrogens with two attached hydrogens (primary N) is 1. The van der Waals surface area contributed by atoms with Crippen LogP contribution < -0.4 is 26.6 Å². The van der Waals surface area contributed by atoms with Gasteiger partial charge in [-0.1, -0.05) is 39.8 Å². The average molecular weight is 446 g/mol. The van der Waals surface area contributed by atoms with E-state index in [0.29, 0.717) is 19.6 Å². The number of aromatic nitrogens is 2. The van der Waals surface area contributed by atoms with Crippen LogP contribution in [0.1, 0.15) is 33.3 Å². The largest absolute Gasteiger partial charge is 0.497 e. The number of carbonyl (C=O) groups is 1. The number of methoxy groups -OCH3 is 1. The highest BCUT2D eigenvalue weighted by molar-refractivity contribution is 5.96. The second-order valence-electron chi connectivity index (χ2n) is 8.92. The molecule has 1 aromatic carbocycles. The number of amides is 1. The zero-order valence-electron chi connectivity index (χ0n) is 19.8. The van der Waals surface area contributed by atoms with Gasteiger partial charge in [0.1, 0.15) is 11.6 Å². The molecule has 0 saturated heterocycles. The van der Waals surface area contributed by atoms with E-state index in [1.165, 1.54) is 9.47 Å². The summed E-state index contributed by atoms with van der Waals surface area (Å²) in [5.41, 5.74) is 6.09. The van der Waals surface area contributed by atoms with Gasteiger partial charge in [0.2, 0.25) is 5.91 Å². The van der Waals surface area contributed by atoms with Crippen LogP contribution in [0.4, 0.5) is 11.5 Å². The number of nitrogens with zero attached hydrogens (tertiary/aromatic N) is 3. The van der Waals surface area contributed by atoms with Crippen LogP contribution in [-0.4, -0.2) is 47.6 Å². The Balaban J connectivity index is 2.31. The van der Waals surface area contributed by atoms with Gasteiger partial charge in [0.05, 0.1) is 13.7 Å². The molecule has 1 amide bonds. The number of anilines is 2. The number of hydrogen-bond donors (Lipinski definition) is 2. The average Bonchev–Trinajstić information content (AvgIpc) is 2.70. The molecule has 0 atom stereocenters. The quantitative estimate of drug-likeness (QED) is 0.577. The molecular weight excluding hydrogens is 410 g/mol. The summed E-state index contributed by atoms with van der Waals surface area (Å²) in [5.74, 6) is 0.747. The molecule has 0 spiro atoms. The van der Waals surface area contributed by atoms with Gasteiger partial charge in [-0.2, -0.15) is 0 Å². The van der Waals surface area contributed by atoms with Crippen molar-refractivity contribution in [3.8, 4) is 5.75 Å². The van der Waals surface area contributed by atoms with Crippen molar-refractivity contribution in [2.24, 2.45) is 11.8 Å². The van der Waals surface area contributed by atoms with Gasteiger partial charge in [-0.15, -0.1) is 0 Å². The zero-order chi connectivity index (χ0) is 24.0. The lowest BCUT2D eigenvalue weighted by Gasteiger charge is -2.28. The van der Waals surface area contributed by atoms with E-state index in [2.05, 4.69) is 4.98 Å². The highest BCUT2D eigenvalue weighted by Gasteiger charge is 2.26. The van der Waals surface area contributed by atoms with Crippen molar-refractivity contribution in [2.75, 3.05) is 37.9 Å². The first-order chi connectivity index (χ1) is 15.0. The molecule has 0 aliphatic rings. The van der Waals surface area contributed by atoms with Crippen molar-refractivity contribution < 1.29 is 9.53 Å². The number of likely N-dealkylation sites (N-methyl/N-ethyl adjacent to an activating group) is 1. The fourth-order valence-electron chi connectivity index (χ4n) is 3.48. The maximum absolute atomic E-state index is 13.3. The number of carbonyl (C=O) groups excluding carboxylic acids is 1. The van der Waals surface area contributed by atoms with Crippen LogP contribution in [0.3, 0.4) is 0 Å². The lowest BCUT2D eigenvalue weighted by atomic mass is 10.1. The van der Waals surface area contributed by atoms with Crippen molar-refractivity contribution >= 4 is 17.4 Å². The monoisotopic (exact) mass is 445 g/mol. The maximum Gasteiger partial charge on any atom is 0.330 e. The number of ether oxygens (including phenoxy) is 1. The molecule has 1 heterocycles. The lowest BCUT2D eigenvalue weighted by molar-refractivity contribution is -0.119. The first-order valence-corrected chi connectivity index (χ1v) is 10.8. The van der Waals surface area contributed by atoms with Crippen LogP contribution in [0, 0.1) is 11.8 Å². The van der Waals surface area contributed by atoms with Crippen LogP contribution in [0.15, 0.2) is 33.9 Å². The van der Waals surface area contributed by atoms with E-state index in [4.69, 9.17) is 10.5 Å². The molecule has 1 aromatic heterocycles. The Bertz CT molecular complexity index is 1020. The molecule has 2 aromatic rings. The summed E-state index contributed by atoms with van der Waals surface area (Å²) in [5, 5.41) is 0. The molecule has 0 radical (unpaired) electrons. The summed E-state index contributed by atoms with van der Waals surface area (Å²) in [6.45, 7) is 9.08. The van der Waals surface area contributed by atoms with Gasteiger partial charge >= 0.3 is 5.69 Å². The summed E-state index contributed by atoms with van der Waals surface area (Å²) in [6, 6.07) is 7.62. The molecule has 0 unspecified atom stereocenters. The Morgan fingerprint density at radius 1 is 1.12 bits per heavy atom. The molecule has 9 heteroatoms. The second-order valence-corrected chi connectivity index (χ2v) is 8.92. The van der Waals surface area contributed by atoms with Crippen molar-refractivity contribution in [3.05, 3.63) is 50.7 Å². The maximum atomic E-state index is 13.3. The summed E-state index contributed by atoms with van der Waals surface area (Å²) in [6.07, 6.45) is 0. The minimum Gasteiger partial charge on any atom is -0.497 e. The minimum atomic E-state index is -0.653. The third-order valence-corrected chi connectivity index (χ3v) is 4.90. The van der Waals surface area contributed by atoms with E-state index in [1.54, 1.807) is 7.11 Å². The molecule has 0 saturated carbocycles. The third kappa shape index (κ3) is 6.46. The molecule has 0 fully saturated rings. The second kappa shape index (κ2) is 11.0. The molecule has 9 nitrogen and oxygen atoms in total. The van der Waals surface area contributed by atoms with Gasteiger partial charge in [-0.3, -0.25) is 24.0 Å². The number of nitrogen functional groups attached to an aromatic ring is 1. The van der Waals surface area contributed by atoms with Gasteiger partial charge in [-0.25, -0.2) is 4.79 Å². The number of hydrogen-bond acceptors (Lipinski definition) is 6. The van der Waals surface area contributed by atoms with Crippen LogP contribution in [0.5, 0.6) is 5.75 Å². The normalized spacial score (nSPS) is 11.4. The van der Waals surface area contributed by atoms with E-state index >= 15 is 0 Å². The predicted molar refractivity (Wildman–Crippen MR) is 127 cm³/mol. The van der Waals surface area contributed by atoms with Crippen LogP contribution in [0.2, 0.25) is 0 Å². The molecule has 32 heavy (non-hydrogen) atoms. The Hall–Kier alpha value is -3.07. The first kappa shape index (κ1) is 25.2. The molecule has 0 bridgehead atoms. The number of nitrogens with one attached hydrogen (secondary N) is 1. The van der Waals surface area contributed by atoms with Gasteiger partial charge in [0, 0.05) is 19.6 Å². The Kier molecular flexibility index (Phi) is 8.65. The van der Waals surface area contributed by atoms with E-state index in [1.807, 2.05) is 63.9 Å². The summed E-state index contributed by atoms with van der Waals surface area (Å²) in [7, 11) is 3.45. The summed E-state index contributed by atoms with van der Waals surface area (Å²) >= 11 is 0. The number of rotatable bonds is 10. The predicted octanol–water partition coefficient (Wildman–Crippen LogP) is 1.90. The standard InChI is InChI=1S/C23H35N5O4/c1-15(2)11-27(20-21(24)28(12-16(3)4)23(31)25-22(20)30)19(29)14-26(5)13-17-7-9-18(32-6)10-8-17/h7-10,15-16H,11-14,24H2,1-6H3,(H,25,30,31).